The lowest BCUT2D eigenvalue weighted by molar-refractivity contribution is -0.126. The van der Waals surface area contributed by atoms with E-state index >= 15 is 0 Å². The van der Waals surface area contributed by atoms with E-state index in [4.69, 9.17) is 21.7 Å². The summed E-state index contributed by atoms with van der Waals surface area (Å²) >= 11 is 6.21. The second-order valence-corrected chi connectivity index (χ2v) is 7.04. The lowest BCUT2D eigenvalue weighted by atomic mass is 10.2. The van der Waals surface area contributed by atoms with E-state index in [-0.39, 0.29) is 22.1 Å². The number of anilines is 1. The molecule has 27 heavy (non-hydrogen) atoms. The number of hydrogen-bond acceptors (Lipinski definition) is 7. The van der Waals surface area contributed by atoms with Crippen molar-refractivity contribution >= 4 is 57.8 Å². The summed E-state index contributed by atoms with van der Waals surface area (Å²) in [7, 11) is 0. The molecule has 0 bridgehead atoms. The summed E-state index contributed by atoms with van der Waals surface area (Å²) in [6.07, 6.45) is 3.01. The molecule has 1 aromatic heterocycles. The molecule has 3 rings (SSSR count). The number of rotatable bonds is 5. The summed E-state index contributed by atoms with van der Waals surface area (Å²) < 4.78 is 5.39. The van der Waals surface area contributed by atoms with Crippen LogP contribution in [0.2, 0.25) is 0 Å². The second-order valence-electron chi connectivity index (χ2n) is 5.37. The normalized spacial score (nSPS) is 15.4. The SMILES string of the molecule is O=C(CN1C(=O)/C(=C\c2ccco2)SC1=S)Nc1ccc(O)c(C(=O)O)c1. The Morgan fingerprint density at radius 3 is 2.78 bits per heavy atom. The van der Waals surface area contributed by atoms with Gasteiger partial charge in [-0.3, -0.25) is 14.5 Å². The van der Waals surface area contributed by atoms with Crippen LogP contribution < -0.4 is 5.32 Å². The molecule has 2 amide bonds. The molecule has 2 aromatic rings. The highest BCUT2D eigenvalue weighted by Gasteiger charge is 2.33. The van der Waals surface area contributed by atoms with Crippen molar-refractivity contribution in [1.82, 2.24) is 4.90 Å². The average Bonchev–Trinajstić information content (AvgIpc) is 3.21. The predicted molar refractivity (Wildman–Crippen MR) is 102 cm³/mol. The first-order valence-electron chi connectivity index (χ1n) is 7.50. The predicted octanol–water partition coefficient (Wildman–Crippen LogP) is 2.52. The van der Waals surface area contributed by atoms with E-state index in [2.05, 4.69) is 5.32 Å². The van der Waals surface area contributed by atoms with Crippen LogP contribution in [0.5, 0.6) is 5.75 Å². The Balaban J connectivity index is 1.69. The summed E-state index contributed by atoms with van der Waals surface area (Å²) in [6, 6.07) is 7.00. The number of thioether (sulfide) groups is 1. The maximum atomic E-state index is 12.4. The molecule has 138 valence electrons. The number of hydrogen-bond donors (Lipinski definition) is 3. The highest BCUT2D eigenvalue weighted by atomic mass is 32.2. The Labute approximate surface area is 162 Å². The van der Waals surface area contributed by atoms with E-state index < -0.39 is 23.5 Å². The number of nitrogens with one attached hydrogen (secondary N) is 1. The van der Waals surface area contributed by atoms with Crippen LogP contribution in [0.3, 0.4) is 0 Å². The van der Waals surface area contributed by atoms with Crippen molar-refractivity contribution in [1.29, 1.82) is 0 Å². The number of aromatic carboxylic acids is 1. The van der Waals surface area contributed by atoms with Gasteiger partial charge in [0, 0.05) is 11.8 Å². The maximum absolute atomic E-state index is 12.4. The number of carbonyl (C=O) groups is 3. The Morgan fingerprint density at radius 2 is 2.11 bits per heavy atom. The van der Waals surface area contributed by atoms with Crippen molar-refractivity contribution in [2.75, 3.05) is 11.9 Å². The van der Waals surface area contributed by atoms with Crippen molar-refractivity contribution in [3.05, 3.63) is 52.8 Å². The minimum atomic E-state index is -1.33. The zero-order valence-corrected chi connectivity index (χ0v) is 15.2. The first-order chi connectivity index (χ1) is 12.8. The van der Waals surface area contributed by atoms with Crippen molar-refractivity contribution in [3.63, 3.8) is 0 Å². The Bertz CT molecular complexity index is 968. The van der Waals surface area contributed by atoms with Crippen LogP contribution in [-0.4, -0.2) is 43.8 Å². The molecular weight excluding hydrogens is 392 g/mol. The summed E-state index contributed by atoms with van der Waals surface area (Å²) in [5.74, 6) is -2.24. The number of nitrogens with zero attached hydrogens (tertiary/aromatic N) is 1. The quantitative estimate of drug-likeness (QED) is 0.395. The van der Waals surface area contributed by atoms with E-state index in [1.807, 2.05) is 0 Å². The number of benzene rings is 1. The molecule has 8 nitrogen and oxygen atoms in total. The molecule has 0 aliphatic carbocycles. The highest BCUT2D eigenvalue weighted by molar-refractivity contribution is 8.26. The zero-order valence-electron chi connectivity index (χ0n) is 13.5. The molecule has 0 radical (unpaired) electrons. The van der Waals surface area contributed by atoms with E-state index in [1.54, 1.807) is 12.1 Å². The fraction of sp³-hybridized carbons (Fsp3) is 0.0588. The Hall–Kier alpha value is -3.11. The number of thiocarbonyl (C=S) groups is 1. The van der Waals surface area contributed by atoms with Crippen LogP contribution in [-0.2, 0) is 9.59 Å². The lowest BCUT2D eigenvalue weighted by Crippen LogP contribution is -2.36. The van der Waals surface area contributed by atoms with Crippen molar-refractivity contribution < 1.29 is 29.0 Å². The van der Waals surface area contributed by atoms with E-state index in [0.29, 0.717) is 10.7 Å². The fourth-order valence-corrected chi connectivity index (χ4v) is 3.50. The van der Waals surface area contributed by atoms with Crippen LogP contribution in [0.15, 0.2) is 45.9 Å². The van der Waals surface area contributed by atoms with Crippen molar-refractivity contribution in [2.45, 2.75) is 0 Å². The molecule has 2 heterocycles. The van der Waals surface area contributed by atoms with E-state index in [0.717, 1.165) is 28.8 Å². The molecule has 1 saturated heterocycles. The van der Waals surface area contributed by atoms with Gasteiger partial charge in [0.15, 0.2) is 0 Å². The van der Waals surface area contributed by atoms with Crippen molar-refractivity contribution in [3.8, 4) is 5.75 Å². The largest absolute Gasteiger partial charge is 0.507 e. The van der Waals surface area contributed by atoms with Gasteiger partial charge >= 0.3 is 5.97 Å². The number of furan rings is 1. The molecule has 3 N–H and O–H groups in total. The summed E-state index contributed by atoms with van der Waals surface area (Å²) in [6.45, 7) is -0.330. The molecule has 1 aromatic carbocycles. The van der Waals surface area contributed by atoms with Gasteiger partial charge in [0.1, 0.15) is 27.9 Å². The van der Waals surface area contributed by atoms with E-state index in [1.165, 1.54) is 18.4 Å². The first-order valence-corrected chi connectivity index (χ1v) is 8.72. The molecule has 1 aliphatic rings. The summed E-state index contributed by atoms with van der Waals surface area (Å²) in [5, 5.41) is 21.0. The summed E-state index contributed by atoms with van der Waals surface area (Å²) in [4.78, 5) is 37.2. The third kappa shape index (κ3) is 4.18. The second kappa shape index (κ2) is 7.64. The smallest absolute Gasteiger partial charge is 0.339 e. The van der Waals surface area contributed by atoms with Gasteiger partial charge in [0.2, 0.25) is 5.91 Å². The van der Waals surface area contributed by atoms with E-state index in [9.17, 15) is 19.5 Å². The van der Waals surface area contributed by atoms with Crippen LogP contribution >= 0.6 is 24.0 Å². The van der Waals surface area contributed by atoms with Gasteiger partial charge in [-0.15, -0.1) is 0 Å². The van der Waals surface area contributed by atoms with Crippen LogP contribution in [0.1, 0.15) is 16.1 Å². The number of carboxylic acids is 1. The Morgan fingerprint density at radius 1 is 1.33 bits per heavy atom. The zero-order chi connectivity index (χ0) is 19.6. The molecule has 0 spiro atoms. The molecule has 10 heteroatoms. The van der Waals surface area contributed by atoms with Crippen LogP contribution in [0, 0.1) is 0 Å². The maximum Gasteiger partial charge on any atom is 0.339 e. The minimum Gasteiger partial charge on any atom is -0.507 e. The van der Waals surface area contributed by atoms with Gasteiger partial charge in [-0.25, -0.2) is 4.79 Å². The van der Waals surface area contributed by atoms with Gasteiger partial charge < -0.3 is 19.9 Å². The molecule has 0 atom stereocenters. The fourth-order valence-electron chi connectivity index (χ4n) is 2.27. The van der Waals surface area contributed by atoms with Gasteiger partial charge in [0.05, 0.1) is 11.2 Å². The summed E-state index contributed by atoms with van der Waals surface area (Å²) in [5.41, 5.74) is -0.174. The third-order valence-corrected chi connectivity index (χ3v) is 4.88. The third-order valence-electron chi connectivity index (χ3n) is 3.50. The number of amides is 2. The number of aromatic hydroxyl groups is 1. The number of phenols is 1. The topological polar surface area (TPSA) is 120 Å². The first kappa shape index (κ1) is 18.7. The van der Waals surface area contributed by atoms with Gasteiger partial charge in [-0.2, -0.15) is 0 Å². The Kier molecular flexibility index (Phi) is 5.28. The number of carbonyl (C=O) groups excluding carboxylic acids is 2. The molecule has 0 saturated carbocycles. The van der Waals surface area contributed by atoms with Crippen molar-refractivity contribution in [2.24, 2.45) is 0 Å². The molecule has 1 aliphatic heterocycles. The highest BCUT2D eigenvalue weighted by Crippen LogP contribution is 2.32. The van der Waals surface area contributed by atoms with Gasteiger partial charge in [-0.05, 0) is 30.3 Å². The van der Waals surface area contributed by atoms with Crippen LogP contribution in [0.4, 0.5) is 5.69 Å². The molecular formula is C17H12N2O6S2. The average molecular weight is 404 g/mol. The number of carboxylic acid groups (broad SMARTS) is 1. The lowest BCUT2D eigenvalue weighted by Gasteiger charge is -2.14. The standard InChI is InChI=1S/C17H12N2O6S2/c20-12-4-3-9(6-11(12)16(23)24)18-14(21)8-19-15(22)13(27-17(19)26)7-10-2-1-5-25-10/h1-7,20H,8H2,(H,18,21)(H,23,24)/b13-7+. The monoisotopic (exact) mass is 404 g/mol. The molecule has 1 fully saturated rings. The van der Waals surface area contributed by atoms with Gasteiger partial charge in [-0.1, -0.05) is 24.0 Å². The molecule has 0 unspecified atom stereocenters. The van der Waals surface area contributed by atoms with Gasteiger partial charge in [0.25, 0.3) is 5.91 Å². The minimum absolute atomic E-state index is 0.173. The van der Waals surface area contributed by atoms with Crippen LogP contribution in [0.25, 0.3) is 6.08 Å².